The second-order valence-corrected chi connectivity index (χ2v) is 5.73. The summed E-state index contributed by atoms with van der Waals surface area (Å²) in [6.07, 6.45) is 5.02. The molecule has 1 heterocycles. The molecule has 0 saturated carbocycles. The van der Waals surface area contributed by atoms with Crippen molar-refractivity contribution in [3.05, 3.63) is 29.8 Å². The van der Waals surface area contributed by atoms with Crippen LogP contribution in [0.15, 0.2) is 24.3 Å². The Balaban J connectivity index is 0.00000200. The van der Waals surface area contributed by atoms with Crippen LogP contribution in [0, 0.1) is 5.92 Å². The Bertz CT molecular complexity index is 360. The van der Waals surface area contributed by atoms with E-state index in [4.69, 9.17) is 4.74 Å². The molecule has 1 saturated heterocycles. The number of piperidine rings is 1. The maximum absolute atomic E-state index is 5.85. The van der Waals surface area contributed by atoms with Gasteiger partial charge in [-0.2, -0.15) is 0 Å². The third-order valence-corrected chi connectivity index (χ3v) is 4.26. The predicted molar refractivity (Wildman–Crippen MR) is 88.1 cm³/mol. The fraction of sp³-hybridized carbons (Fsp3) is 0.647. The van der Waals surface area contributed by atoms with Crippen molar-refractivity contribution >= 4 is 12.4 Å². The Morgan fingerprint density at radius 1 is 1.30 bits per heavy atom. The highest BCUT2D eigenvalue weighted by atomic mass is 35.5. The van der Waals surface area contributed by atoms with Crippen LogP contribution in [0.4, 0.5) is 0 Å². The van der Waals surface area contributed by atoms with Gasteiger partial charge in [0.25, 0.3) is 0 Å². The number of ether oxygens (including phenoxy) is 1. The number of nitrogens with one attached hydrogen (secondary N) is 1. The monoisotopic (exact) mass is 297 g/mol. The van der Waals surface area contributed by atoms with Gasteiger partial charge in [0.1, 0.15) is 5.75 Å². The minimum atomic E-state index is 0. The highest BCUT2D eigenvalue weighted by Gasteiger charge is 2.12. The van der Waals surface area contributed by atoms with Crippen molar-refractivity contribution in [3.63, 3.8) is 0 Å². The Morgan fingerprint density at radius 3 is 2.65 bits per heavy atom. The SMILES string of the molecule is CCC(C)c1ccc(OCCC2CCCNC2)cc1.Cl. The van der Waals surface area contributed by atoms with Crippen LogP contribution in [0.1, 0.15) is 51.0 Å². The topological polar surface area (TPSA) is 21.3 Å². The molecule has 1 aliphatic rings. The van der Waals surface area contributed by atoms with E-state index >= 15 is 0 Å². The van der Waals surface area contributed by atoms with Crippen LogP contribution in [-0.2, 0) is 0 Å². The van der Waals surface area contributed by atoms with Crippen molar-refractivity contribution in [1.82, 2.24) is 5.32 Å². The van der Waals surface area contributed by atoms with Crippen LogP contribution in [0.2, 0.25) is 0 Å². The first-order valence-electron chi connectivity index (χ1n) is 7.73. The number of hydrogen-bond acceptors (Lipinski definition) is 2. The van der Waals surface area contributed by atoms with Gasteiger partial charge in [-0.3, -0.25) is 0 Å². The van der Waals surface area contributed by atoms with E-state index < -0.39 is 0 Å². The van der Waals surface area contributed by atoms with Gasteiger partial charge >= 0.3 is 0 Å². The number of benzene rings is 1. The lowest BCUT2D eigenvalue weighted by molar-refractivity contribution is 0.254. The summed E-state index contributed by atoms with van der Waals surface area (Å²) in [5.41, 5.74) is 1.41. The van der Waals surface area contributed by atoms with E-state index in [1.54, 1.807) is 0 Å². The van der Waals surface area contributed by atoms with Crippen LogP contribution in [0.3, 0.4) is 0 Å². The molecule has 1 N–H and O–H groups in total. The maximum atomic E-state index is 5.85. The summed E-state index contributed by atoms with van der Waals surface area (Å²) in [7, 11) is 0. The van der Waals surface area contributed by atoms with Gasteiger partial charge in [0.15, 0.2) is 0 Å². The summed E-state index contributed by atoms with van der Waals surface area (Å²) in [6.45, 7) is 7.69. The summed E-state index contributed by atoms with van der Waals surface area (Å²) in [6, 6.07) is 8.62. The van der Waals surface area contributed by atoms with Gasteiger partial charge in [-0.05, 0) is 68.3 Å². The molecule has 2 nitrogen and oxygen atoms in total. The smallest absolute Gasteiger partial charge is 0.119 e. The van der Waals surface area contributed by atoms with Gasteiger partial charge in [-0.25, -0.2) is 0 Å². The van der Waals surface area contributed by atoms with E-state index in [-0.39, 0.29) is 12.4 Å². The number of hydrogen-bond donors (Lipinski definition) is 1. The molecule has 20 heavy (non-hydrogen) atoms. The molecule has 1 aromatic rings. The molecule has 1 aromatic carbocycles. The van der Waals surface area contributed by atoms with Crippen molar-refractivity contribution in [3.8, 4) is 5.75 Å². The van der Waals surface area contributed by atoms with Crippen molar-refractivity contribution < 1.29 is 4.74 Å². The minimum absolute atomic E-state index is 0. The number of halogens is 1. The fourth-order valence-corrected chi connectivity index (χ4v) is 2.64. The molecule has 1 aliphatic heterocycles. The van der Waals surface area contributed by atoms with E-state index in [0.717, 1.165) is 24.8 Å². The molecule has 3 heteroatoms. The lowest BCUT2D eigenvalue weighted by Gasteiger charge is -2.22. The Hall–Kier alpha value is -0.730. The molecule has 0 aliphatic carbocycles. The van der Waals surface area contributed by atoms with Crippen LogP contribution in [0.25, 0.3) is 0 Å². The lowest BCUT2D eigenvalue weighted by Crippen LogP contribution is -2.30. The summed E-state index contributed by atoms with van der Waals surface area (Å²) in [5, 5.41) is 3.45. The first-order chi connectivity index (χ1) is 9.29. The second-order valence-electron chi connectivity index (χ2n) is 5.73. The molecule has 0 bridgehead atoms. The Labute approximate surface area is 129 Å². The summed E-state index contributed by atoms with van der Waals surface area (Å²) < 4.78 is 5.85. The molecule has 114 valence electrons. The standard InChI is InChI=1S/C17H27NO.ClH/c1-3-14(2)16-6-8-17(9-7-16)19-12-10-15-5-4-11-18-13-15;/h6-9,14-15,18H,3-5,10-13H2,1-2H3;1H. The lowest BCUT2D eigenvalue weighted by atomic mass is 9.97. The normalized spacial score (nSPS) is 20.0. The first kappa shape index (κ1) is 17.3. The zero-order chi connectivity index (χ0) is 13.5. The van der Waals surface area contributed by atoms with E-state index in [0.29, 0.717) is 5.92 Å². The molecule has 2 atom stereocenters. The molecule has 0 radical (unpaired) electrons. The van der Waals surface area contributed by atoms with Crippen LogP contribution in [0.5, 0.6) is 5.75 Å². The van der Waals surface area contributed by atoms with E-state index in [2.05, 4.69) is 43.4 Å². The molecular weight excluding hydrogens is 270 g/mol. The molecule has 1 fully saturated rings. The van der Waals surface area contributed by atoms with E-state index in [9.17, 15) is 0 Å². The number of rotatable bonds is 6. The van der Waals surface area contributed by atoms with Crippen LogP contribution >= 0.6 is 12.4 Å². The summed E-state index contributed by atoms with van der Waals surface area (Å²) in [4.78, 5) is 0. The second kappa shape index (κ2) is 9.25. The molecular formula is C17H28ClNO. The van der Waals surface area contributed by atoms with Gasteiger partial charge in [0, 0.05) is 0 Å². The first-order valence-corrected chi connectivity index (χ1v) is 7.73. The van der Waals surface area contributed by atoms with Gasteiger partial charge in [0.05, 0.1) is 6.61 Å². The Morgan fingerprint density at radius 2 is 2.05 bits per heavy atom. The van der Waals surface area contributed by atoms with Crippen molar-refractivity contribution in [2.24, 2.45) is 5.92 Å². The third-order valence-electron chi connectivity index (χ3n) is 4.26. The van der Waals surface area contributed by atoms with Crippen molar-refractivity contribution in [1.29, 1.82) is 0 Å². The van der Waals surface area contributed by atoms with Gasteiger partial charge in [-0.1, -0.05) is 26.0 Å². The molecule has 0 spiro atoms. The maximum Gasteiger partial charge on any atom is 0.119 e. The van der Waals surface area contributed by atoms with E-state index in [1.165, 1.54) is 37.8 Å². The highest BCUT2D eigenvalue weighted by Crippen LogP contribution is 2.22. The average Bonchev–Trinajstić information content (AvgIpc) is 2.48. The fourth-order valence-electron chi connectivity index (χ4n) is 2.64. The van der Waals surface area contributed by atoms with Gasteiger partial charge in [-0.15, -0.1) is 12.4 Å². The summed E-state index contributed by atoms with van der Waals surface area (Å²) in [5.74, 6) is 2.45. The van der Waals surface area contributed by atoms with Crippen molar-refractivity contribution in [2.75, 3.05) is 19.7 Å². The van der Waals surface area contributed by atoms with Crippen LogP contribution < -0.4 is 10.1 Å². The van der Waals surface area contributed by atoms with Gasteiger partial charge < -0.3 is 10.1 Å². The zero-order valence-corrected chi connectivity index (χ0v) is 13.5. The van der Waals surface area contributed by atoms with E-state index in [1.807, 2.05) is 0 Å². The molecule has 2 rings (SSSR count). The molecule has 0 amide bonds. The molecule has 2 unspecified atom stereocenters. The molecule has 0 aromatic heterocycles. The largest absolute Gasteiger partial charge is 0.494 e. The zero-order valence-electron chi connectivity index (χ0n) is 12.7. The predicted octanol–water partition coefficient (Wildman–Crippen LogP) is 4.39. The quantitative estimate of drug-likeness (QED) is 0.841. The summed E-state index contributed by atoms with van der Waals surface area (Å²) >= 11 is 0. The third kappa shape index (κ3) is 5.34. The van der Waals surface area contributed by atoms with Crippen molar-refractivity contribution in [2.45, 2.75) is 45.4 Å². The Kier molecular flexibility index (Phi) is 8.01. The van der Waals surface area contributed by atoms with Gasteiger partial charge in [0.2, 0.25) is 0 Å². The highest BCUT2D eigenvalue weighted by molar-refractivity contribution is 5.85. The minimum Gasteiger partial charge on any atom is -0.494 e. The average molecular weight is 298 g/mol. The van der Waals surface area contributed by atoms with Crippen LogP contribution in [-0.4, -0.2) is 19.7 Å².